The van der Waals surface area contributed by atoms with Crippen LogP contribution in [0.25, 0.3) is 11.4 Å². The molecule has 1 aromatic heterocycles. The summed E-state index contributed by atoms with van der Waals surface area (Å²) in [4.78, 5) is 16.5. The average molecular weight is 384 g/mol. The molecule has 28 heavy (non-hydrogen) atoms. The Morgan fingerprint density at radius 1 is 1.04 bits per heavy atom. The summed E-state index contributed by atoms with van der Waals surface area (Å²) in [7, 11) is 3.00. The minimum Gasteiger partial charge on any atom is -0.497 e. The molecule has 9 heteroatoms. The molecule has 144 valence electrons. The second-order valence-corrected chi connectivity index (χ2v) is 5.76. The van der Waals surface area contributed by atoms with Gasteiger partial charge in [0.15, 0.2) is 18.1 Å². The van der Waals surface area contributed by atoms with Gasteiger partial charge in [0.25, 0.3) is 5.89 Å². The van der Waals surface area contributed by atoms with Crippen molar-refractivity contribution in [3.63, 3.8) is 0 Å². The van der Waals surface area contributed by atoms with Gasteiger partial charge in [-0.05, 0) is 30.3 Å². The van der Waals surface area contributed by atoms with Crippen LogP contribution in [0.4, 0.5) is 0 Å². The normalized spacial score (nSPS) is 11.9. The van der Waals surface area contributed by atoms with Crippen molar-refractivity contribution >= 4 is 5.97 Å². The quantitative estimate of drug-likeness (QED) is 0.594. The molecule has 0 bridgehead atoms. The standard InChI is InChI=1S/C19H16N2O7/c1-23-13-5-12(6-14(8-13)24-2)19(22)25-9-17-20-18(21-28-17)11-3-4-15-16(7-11)27-10-26-15/h3-8H,9-10H2,1-2H3. The van der Waals surface area contributed by atoms with Crippen LogP contribution in [0.5, 0.6) is 23.0 Å². The minimum absolute atomic E-state index is 0.163. The number of carbonyl (C=O) groups excluding carboxylic acids is 1. The number of methoxy groups -OCH3 is 2. The zero-order valence-electron chi connectivity index (χ0n) is 15.1. The summed E-state index contributed by atoms with van der Waals surface area (Å²) < 4.78 is 31.3. The maximum Gasteiger partial charge on any atom is 0.338 e. The van der Waals surface area contributed by atoms with E-state index in [0.29, 0.717) is 34.4 Å². The van der Waals surface area contributed by atoms with Crippen LogP contribution in [-0.2, 0) is 11.3 Å². The molecule has 0 radical (unpaired) electrons. The molecular weight excluding hydrogens is 368 g/mol. The van der Waals surface area contributed by atoms with Crippen molar-refractivity contribution in [3.05, 3.63) is 47.9 Å². The van der Waals surface area contributed by atoms with Gasteiger partial charge in [-0.25, -0.2) is 4.79 Å². The lowest BCUT2D eigenvalue weighted by Crippen LogP contribution is -2.06. The van der Waals surface area contributed by atoms with Crippen LogP contribution in [0.3, 0.4) is 0 Å². The highest BCUT2D eigenvalue weighted by molar-refractivity contribution is 5.90. The van der Waals surface area contributed by atoms with E-state index in [4.69, 9.17) is 28.2 Å². The van der Waals surface area contributed by atoms with E-state index in [1.165, 1.54) is 14.2 Å². The molecule has 4 rings (SSSR count). The Labute approximate surface area is 159 Å². The van der Waals surface area contributed by atoms with Crippen LogP contribution >= 0.6 is 0 Å². The fourth-order valence-electron chi connectivity index (χ4n) is 2.60. The molecule has 0 unspecified atom stereocenters. The number of benzene rings is 2. The van der Waals surface area contributed by atoms with E-state index in [1.807, 2.05) is 0 Å². The predicted octanol–water partition coefficient (Wildman–Crippen LogP) is 2.84. The molecule has 0 N–H and O–H groups in total. The first-order valence-electron chi connectivity index (χ1n) is 8.29. The molecular formula is C19H16N2O7. The number of aromatic nitrogens is 2. The van der Waals surface area contributed by atoms with Gasteiger partial charge in [-0.2, -0.15) is 4.98 Å². The second kappa shape index (κ2) is 7.47. The highest BCUT2D eigenvalue weighted by atomic mass is 16.7. The summed E-state index contributed by atoms with van der Waals surface area (Å²) in [5.74, 6) is 2.18. The summed E-state index contributed by atoms with van der Waals surface area (Å²) in [6.07, 6.45) is 0. The fraction of sp³-hybridized carbons (Fsp3) is 0.211. The van der Waals surface area contributed by atoms with Gasteiger partial charge in [-0.3, -0.25) is 0 Å². The van der Waals surface area contributed by atoms with Crippen LogP contribution in [0.1, 0.15) is 16.2 Å². The monoisotopic (exact) mass is 384 g/mol. The number of hydrogen-bond acceptors (Lipinski definition) is 9. The van der Waals surface area contributed by atoms with Crippen molar-refractivity contribution in [2.75, 3.05) is 21.0 Å². The van der Waals surface area contributed by atoms with Gasteiger partial charge in [-0.15, -0.1) is 0 Å². The molecule has 2 aromatic carbocycles. The van der Waals surface area contributed by atoms with Gasteiger partial charge in [0.2, 0.25) is 12.6 Å². The molecule has 0 amide bonds. The van der Waals surface area contributed by atoms with E-state index in [1.54, 1.807) is 36.4 Å². The lowest BCUT2D eigenvalue weighted by molar-refractivity contribution is 0.0429. The van der Waals surface area contributed by atoms with Crippen molar-refractivity contribution in [2.45, 2.75) is 6.61 Å². The van der Waals surface area contributed by atoms with Crippen molar-refractivity contribution in [1.29, 1.82) is 0 Å². The van der Waals surface area contributed by atoms with Gasteiger partial charge in [0, 0.05) is 11.6 Å². The van der Waals surface area contributed by atoms with Gasteiger partial charge in [0.05, 0.1) is 19.8 Å². The summed E-state index contributed by atoms with van der Waals surface area (Å²) in [6, 6.07) is 10.1. The Hall–Kier alpha value is -3.75. The first-order valence-corrected chi connectivity index (χ1v) is 8.29. The topological polar surface area (TPSA) is 102 Å². The predicted molar refractivity (Wildman–Crippen MR) is 94.5 cm³/mol. The summed E-state index contributed by atoms with van der Waals surface area (Å²) >= 11 is 0. The number of hydrogen-bond donors (Lipinski definition) is 0. The Bertz CT molecular complexity index is 993. The summed E-state index contributed by atoms with van der Waals surface area (Å²) in [5.41, 5.74) is 0.981. The van der Waals surface area contributed by atoms with E-state index in [0.717, 1.165) is 0 Å². The maximum atomic E-state index is 12.3. The number of rotatable bonds is 6. The van der Waals surface area contributed by atoms with Crippen LogP contribution in [0.2, 0.25) is 0 Å². The third-order valence-electron chi connectivity index (χ3n) is 4.01. The lowest BCUT2D eigenvalue weighted by atomic mass is 10.2. The Morgan fingerprint density at radius 3 is 2.54 bits per heavy atom. The highest BCUT2D eigenvalue weighted by Crippen LogP contribution is 2.35. The van der Waals surface area contributed by atoms with Crippen molar-refractivity contribution in [1.82, 2.24) is 10.1 Å². The number of esters is 1. The molecule has 0 spiro atoms. The second-order valence-electron chi connectivity index (χ2n) is 5.76. The molecule has 0 fully saturated rings. The smallest absolute Gasteiger partial charge is 0.338 e. The van der Waals surface area contributed by atoms with Gasteiger partial charge in [-0.1, -0.05) is 5.16 Å². The fourth-order valence-corrected chi connectivity index (χ4v) is 2.60. The number of nitrogens with zero attached hydrogens (tertiary/aromatic N) is 2. The Morgan fingerprint density at radius 2 is 1.79 bits per heavy atom. The SMILES string of the molecule is COc1cc(OC)cc(C(=O)OCc2nc(-c3ccc4c(c3)OCO4)no2)c1. The average Bonchev–Trinajstić information content (AvgIpc) is 3.40. The number of carbonyl (C=O) groups is 1. The van der Waals surface area contributed by atoms with E-state index in [9.17, 15) is 4.79 Å². The van der Waals surface area contributed by atoms with E-state index in [2.05, 4.69) is 10.1 Å². The third kappa shape index (κ3) is 3.54. The molecule has 2 heterocycles. The first kappa shape index (κ1) is 17.7. The van der Waals surface area contributed by atoms with E-state index >= 15 is 0 Å². The molecule has 0 aliphatic carbocycles. The molecule has 1 aliphatic heterocycles. The summed E-state index contributed by atoms with van der Waals surface area (Å²) in [5, 5.41) is 3.90. The number of ether oxygens (including phenoxy) is 5. The van der Waals surface area contributed by atoms with E-state index in [-0.39, 0.29) is 24.9 Å². The van der Waals surface area contributed by atoms with Crippen LogP contribution in [-0.4, -0.2) is 37.1 Å². The Kier molecular flexibility index (Phi) is 4.71. The van der Waals surface area contributed by atoms with E-state index < -0.39 is 5.97 Å². The van der Waals surface area contributed by atoms with Gasteiger partial charge in [0.1, 0.15) is 11.5 Å². The zero-order chi connectivity index (χ0) is 19.5. The highest BCUT2D eigenvalue weighted by Gasteiger charge is 2.18. The van der Waals surface area contributed by atoms with Gasteiger partial charge < -0.3 is 28.2 Å². The molecule has 0 saturated carbocycles. The zero-order valence-corrected chi connectivity index (χ0v) is 15.1. The van der Waals surface area contributed by atoms with Crippen LogP contribution in [0.15, 0.2) is 40.9 Å². The Balaban J connectivity index is 1.44. The largest absolute Gasteiger partial charge is 0.497 e. The van der Waals surface area contributed by atoms with Crippen LogP contribution in [0, 0.1) is 0 Å². The minimum atomic E-state index is -0.569. The van der Waals surface area contributed by atoms with Crippen molar-refractivity contribution in [2.24, 2.45) is 0 Å². The molecule has 9 nitrogen and oxygen atoms in total. The first-order chi connectivity index (χ1) is 13.7. The molecule has 3 aromatic rings. The molecule has 1 aliphatic rings. The maximum absolute atomic E-state index is 12.3. The summed E-state index contributed by atoms with van der Waals surface area (Å²) in [6.45, 7) is 0.0111. The lowest BCUT2D eigenvalue weighted by Gasteiger charge is -2.07. The van der Waals surface area contributed by atoms with Crippen molar-refractivity contribution in [3.8, 4) is 34.4 Å². The molecule has 0 atom stereocenters. The third-order valence-corrected chi connectivity index (χ3v) is 4.01. The van der Waals surface area contributed by atoms with Gasteiger partial charge >= 0.3 is 5.97 Å². The van der Waals surface area contributed by atoms with Crippen molar-refractivity contribution < 1.29 is 33.0 Å². The number of fused-ring (bicyclic) bond motifs is 1. The molecule has 0 saturated heterocycles. The van der Waals surface area contributed by atoms with Crippen LogP contribution < -0.4 is 18.9 Å².